The van der Waals surface area contributed by atoms with Crippen molar-refractivity contribution >= 4 is 11.3 Å². The number of rotatable bonds is 2. The number of nitrogens with zero attached hydrogens (tertiary/aromatic N) is 1. The lowest BCUT2D eigenvalue weighted by atomic mass is 10.2. The van der Waals surface area contributed by atoms with Gasteiger partial charge < -0.3 is 5.11 Å². The summed E-state index contributed by atoms with van der Waals surface area (Å²) in [4.78, 5) is 4.95. The fourth-order valence-corrected chi connectivity index (χ4v) is 1.60. The minimum atomic E-state index is -0.469. The summed E-state index contributed by atoms with van der Waals surface area (Å²) < 4.78 is 0. The van der Waals surface area contributed by atoms with E-state index in [0.29, 0.717) is 6.42 Å². The van der Waals surface area contributed by atoms with Crippen molar-refractivity contribution in [3.05, 3.63) is 16.1 Å². The van der Waals surface area contributed by atoms with Crippen LogP contribution in [0.3, 0.4) is 0 Å². The monoisotopic (exact) mass is 181 g/mol. The minimum Gasteiger partial charge on any atom is -0.387 e. The average molecular weight is 181 g/mol. The van der Waals surface area contributed by atoms with Crippen LogP contribution in [0.5, 0.6) is 0 Å². The summed E-state index contributed by atoms with van der Waals surface area (Å²) in [6.45, 7) is 3.69. The topological polar surface area (TPSA) is 33.1 Å². The number of aromatic nitrogens is 1. The Hall–Kier alpha value is -0.850. The van der Waals surface area contributed by atoms with Crippen LogP contribution < -0.4 is 0 Å². The van der Waals surface area contributed by atoms with Gasteiger partial charge in [-0.3, -0.25) is 0 Å². The second-order valence-corrected chi connectivity index (χ2v) is 3.69. The van der Waals surface area contributed by atoms with Crippen LogP contribution in [0.25, 0.3) is 0 Å². The zero-order chi connectivity index (χ0) is 8.97. The number of hydrogen-bond donors (Lipinski definition) is 1. The van der Waals surface area contributed by atoms with Crippen LogP contribution in [0.1, 0.15) is 29.3 Å². The molecule has 0 amide bonds. The molecule has 0 aromatic carbocycles. The molecule has 64 valence electrons. The predicted octanol–water partition coefficient (Wildman–Crippen LogP) is 1.90. The molecule has 0 saturated heterocycles. The molecule has 0 aliphatic rings. The minimum absolute atomic E-state index is 0.469. The van der Waals surface area contributed by atoms with Gasteiger partial charge in [0.1, 0.15) is 6.10 Å². The molecule has 0 aliphatic heterocycles. The smallest absolute Gasteiger partial charge is 0.101 e. The number of thiazole rings is 1. The highest BCUT2D eigenvalue weighted by Gasteiger charge is 2.08. The first-order valence-corrected chi connectivity index (χ1v) is 4.55. The van der Waals surface area contributed by atoms with E-state index in [1.807, 2.05) is 6.92 Å². The van der Waals surface area contributed by atoms with E-state index in [0.717, 1.165) is 9.88 Å². The number of aryl methyl sites for hydroxylation is 1. The van der Waals surface area contributed by atoms with Crippen LogP contribution in [0.2, 0.25) is 0 Å². The Labute approximate surface area is 76.3 Å². The molecule has 3 heteroatoms. The molecule has 1 aromatic rings. The van der Waals surface area contributed by atoms with Gasteiger partial charge in [0.15, 0.2) is 0 Å². The number of aliphatic hydroxyl groups is 1. The van der Waals surface area contributed by atoms with Crippen LogP contribution in [0.15, 0.2) is 6.20 Å². The molecule has 0 aliphatic carbocycles. The molecule has 1 rings (SSSR count). The highest BCUT2D eigenvalue weighted by atomic mass is 32.1. The lowest BCUT2D eigenvalue weighted by Crippen LogP contribution is -1.91. The predicted molar refractivity (Wildman–Crippen MR) is 49.9 cm³/mol. The average Bonchev–Trinajstić information content (AvgIpc) is 2.47. The molecule has 1 N–H and O–H groups in total. The van der Waals surface area contributed by atoms with Gasteiger partial charge in [0.05, 0.1) is 9.88 Å². The van der Waals surface area contributed by atoms with E-state index < -0.39 is 6.10 Å². The van der Waals surface area contributed by atoms with Gasteiger partial charge >= 0.3 is 0 Å². The zero-order valence-electron chi connectivity index (χ0n) is 7.16. The van der Waals surface area contributed by atoms with Gasteiger partial charge in [0.2, 0.25) is 0 Å². The van der Waals surface area contributed by atoms with Crippen molar-refractivity contribution in [2.45, 2.75) is 26.4 Å². The van der Waals surface area contributed by atoms with E-state index >= 15 is 0 Å². The van der Waals surface area contributed by atoms with Crippen LogP contribution in [-0.2, 0) is 0 Å². The van der Waals surface area contributed by atoms with Gasteiger partial charge in [-0.25, -0.2) is 4.98 Å². The molecule has 0 bridgehead atoms. The van der Waals surface area contributed by atoms with Crippen molar-refractivity contribution in [3.63, 3.8) is 0 Å². The van der Waals surface area contributed by atoms with E-state index in [9.17, 15) is 5.11 Å². The summed E-state index contributed by atoms with van der Waals surface area (Å²) in [5.74, 6) is 5.58. The van der Waals surface area contributed by atoms with Gasteiger partial charge in [-0.15, -0.1) is 23.2 Å². The zero-order valence-corrected chi connectivity index (χ0v) is 7.98. The number of hydrogen-bond acceptors (Lipinski definition) is 3. The summed E-state index contributed by atoms with van der Waals surface area (Å²) >= 11 is 1.52. The van der Waals surface area contributed by atoms with Crippen molar-refractivity contribution in [2.24, 2.45) is 0 Å². The second-order valence-electron chi connectivity index (χ2n) is 2.43. The molecule has 12 heavy (non-hydrogen) atoms. The molecule has 2 nitrogen and oxygen atoms in total. The highest BCUT2D eigenvalue weighted by molar-refractivity contribution is 7.11. The van der Waals surface area contributed by atoms with Crippen LogP contribution >= 0.6 is 11.3 Å². The molecule has 1 atom stereocenters. The Morgan fingerprint density at radius 2 is 2.50 bits per heavy atom. The fourth-order valence-electron chi connectivity index (χ4n) is 0.831. The lowest BCUT2D eigenvalue weighted by Gasteiger charge is -2.00. The first-order valence-electron chi connectivity index (χ1n) is 3.74. The first kappa shape index (κ1) is 9.24. The van der Waals surface area contributed by atoms with Gasteiger partial charge in [-0.1, -0.05) is 0 Å². The summed E-state index contributed by atoms with van der Waals surface area (Å²) in [5, 5.41) is 10.5. The Kier molecular flexibility index (Phi) is 3.27. The third-order valence-electron chi connectivity index (χ3n) is 1.44. The molecule has 1 aromatic heterocycles. The Morgan fingerprint density at radius 1 is 1.75 bits per heavy atom. The maximum Gasteiger partial charge on any atom is 0.101 e. The normalized spacial score (nSPS) is 11.9. The van der Waals surface area contributed by atoms with E-state index in [1.54, 1.807) is 13.1 Å². The molecule has 1 heterocycles. The van der Waals surface area contributed by atoms with Crippen LogP contribution in [0.4, 0.5) is 0 Å². The van der Waals surface area contributed by atoms with Gasteiger partial charge in [0.25, 0.3) is 0 Å². The highest BCUT2D eigenvalue weighted by Crippen LogP contribution is 2.22. The second kappa shape index (κ2) is 4.24. The standard InChI is InChI=1S/C9H11NOS/c1-3-4-5-8(11)9-6-10-7(2)12-9/h6,8,11H,5H2,1-2H3. The molecule has 0 spiro atoms. The lowest BCUT2D eigenvalue weighted by molar-refractivity contribution is 0.187. The summed E-state index contributed by atoms with van der Waals surface area (Å²) in [6, 6.07) is 0. The van der Waals surface area contributed by atoms with Crippen LogP contribution in [0, 0.1) is 18.8 Å². The Bertz CT molecular complexity index is 308. The largest absolute Gasteiger partial charge is 0.387 e. The molecule has 0 fully saturated rings. The molecule has 1 unspecified atom stereocenters. The van der Waals surface area contributed by atoms with Crippen LogP contribution in [-0.4, -0.2) is 10.1 Å². The van der Waals surface area contributed by atoms with E-state index in [-0.39, 0.29) is 0 Å². The maximum atomic E-state index is 9.53. The van der Waals surface area contributed by atoms with Gasteiger partial charge in [-0.05, 0) is 13.8 Å². The fraction of sp³-hybridized carbons (Fsp3) is 0.444. The maximum absolute atomic E-state index is 9.53. The molecular formula is C9H11NOS. The SMILES string of the molecule is CC#CCC(O)c1cnc(C)s1. The molecular weight excluding hydrogens is 170 g/mol. The van der Waals surface area contributed by atoms with E-state index in [2.05, 4.69) is 16.8 Å². The summed E-state index contributed by atoms with van der Waals surface area (Å²) in [5.41, 5.74) is 0. The molecule has 0 radical (unpaired) electrons. The Morgan fingerprint density at radius 3 is 3.00 bits per heavy atom. The summed E-state index contributed by atoms with van der Waals surface area (Å²) in [6.07, 6.45) is 1.74. The number of aliphatic hydroxyl groups excluding tert-OH is 1. The summed E-state index contributed by atoms with van der Waals surface area (Å²) in [7, 11) is 0. The quantitative estimate of drug-likeness (QED) is 0.707. The van der Waals surface area contributed by atoms with E-state index in [4.69, 9.17) is 0 Å². The van der Waals surface area contributed by atoms with Crippen molar-refractivity contribution in [1.29, 1.82) is 0 Å². The van der Waals surface area contributed by atoms with Crippen molar-refractivity contribution in [1.82, 2.24) is 4.98 Å². The van der Waals surface area contributed by atoms with Crippen molar-refractivity contribution in [3.8, 4) is 11.8 Å². The third kappa shape index (κ3) is 2.33. The van der Waals surface area contributed by atoms with Gasteiger partial charge in [-0.2, -0.15) is 0 Å². The van der Waals surface area contributed by atoms with Gasteiger partial charge in [0, 0.05) is 12.6 Å². The molecule has 0 saturated carbocycles. The third-order valence-corrected chi connectivity index (χ3v) is 2.45. The Balaban J connectivity index is 2.62. The van der Waals surface area contributed by atoms with E-state index in [1.165, 1.54) is 11.3 Å². The van der Waals surface area contributed by atoms with Crippen molar-refractivity contribution in [2.75, 3.05) is 0 Å². The first-order chi connectivity index (χ1) is 5.74. The van der Waals surface area contributed by atoms with Crippen molar-refractivity contribution < 1.29 is 5.11 Å².